The Balaban J connectivity index is 1.65. The Labute approximate surface area is 125 Å². The summed E-state index contributed by atoms with van der Waals surface area (Å²) in [5, 5.41) is 14.6. The topological polar surface area (TPSA) is 41.0 Å². The van der Waals surface area contributed by atoms with Crippen molar-refractivity contribution in [3.05, 3.63) is 30.5 Å². The van der Waals surface area contributed by atoms with Gasteiger partial charge in [0.25, 0.3) is 0 Å². The van der Waals surface area contributed by atoms with Gasteiger partial charge in [0, 0.05) is 23.4 Å². The molecule has 1 aromatic heterocycles. The molecule has 0 radical (unpaired) electrons. The quantitative estimate of drug-likeness (QED) is 0.936. The van der Waals surface area contributed by atoms with Crippen molar-refractivity contribution in [3.8, 4) is 0 Å². The molecule has 0 unspecified atom stereocenters. The molecule has 0 amide bonds. The van der Waals surface area contributed by atoms with Crippen molar-refractivity contribution in [2.45, 2.75) is 31.7 Å². The molecule has 110 valence electrons. The van der Waals surface area contributed by atoms with Gasteiger partial charge in [-0.2, -0.15) is 5.10 Å². The molecule has 1 saturated carbocycles. The molecule has 2 aromatic rings. The summed E-state index contributed by atoms with van der Waals surface area (Å²) >= 11 is 0. The van der Waals surface area contributed by atoms with Crippen molar-refractivity contribution in [2.24, 2.45) is 5.92 Å². The molecule has 1 N–H and O–H groups in total. The van der Waals surface area contributed by atoms with E-state index in [1.807, 2.05) is 6.20 Å². The molecule has 1 aliphatic carbocycles. The maximum Gasteiger partial charge on any atom is 0.159 e. The smallest absolute Gasteiger partial charge is 0.159 e. The molecular weight excluding hydrogens is 260 g/mol. The zero-order valence-electron chi connectivity index (χ0n) is 12.3. The molecule has 4 heteroatoms. The van der Waals surface area contributed by atoms with E-state index in [1.165, 1.54) is 36.5 Å². The fraction of sp³-hybridized carbons (Fsp3) is 0.529. The molecule has 1 aromatic carbocycles. The minimum Gasteiger partial charge on any atom is -0.351 e. The van der Waals surface area contributed by atoms with Crippen LogP contribution in [-0.2, 0) is 0 Å². The first-order valence-corrected chi connectivity index (χ1v) is 8.09. The van der Waals surface area contributed by atoms with E-state index in [0.29, 0.717) is 6.04 Å². The van der Waals surface area contributed by atoms with E-state index in [-0.39, 0.29) is 0 Å². The highest BCUT2D eigenvalue weighted by Crippen LogP contribution is 2.35. The summed E-state index contributed by atoms with van der Waals surface area (Å²) in [7, 11) is 0. The van der Waals surface area contributed by atoms with Crippen LogP contribution in [0.15, 0.2) is 30.5 Å². The van der Waals surface area contributed by atoms with Crippen molar-refractivity contribution in [3.63, 3.8) is 0 Å². The lowest BCUT2D eigenvalue weighted by Crippen LogP contribution is -2.37. The lowest BCUT2D eigenvalue weighted by atomic mass is 9.97. The van der Waals surface area contributed by atoms with Gasteiger partial charge in [0.15, 0.2) is 5.82 Å². The third kappa shape index (κ3) is 2.72. The number of piperidine rings is 1. The first-order chi connectivity index (χ1) is 10.4. The largest absolute Gasteiger partial charge is 0.351 e. The van der Waals surface area contributed by atoms with E-state index >= 15 is 0 Å². The summed E-state index contributed by atoms with van der Waals surface area (Å²) in [6, 6.07) is 9.16. The highest BCUT2D eigenvalue weighted by molar-refractivity contribution is 5.91. The zero-order chi connectivity index (χ0) is 14.1. The molecule has 21 heavy (non-hydrogen) atoms. The summed E-state index contributed by atoms with van der Waals surface area (Å²) < 4.78 is 0. The lowest BCUT2D eigenvalue weighted by Gasteiger charge is -2.31. The van der Waals surface area contributed by atoms with Gasteiger partial charge >= 0.3 is 0 Å². The minimum atomic E-state index is 0.681. The van der Waals surface area contributed by atoms with E-state index in [1.54, 1.807) is 0 Å². The van der Waals surface area contributed by atoms with Gasteiger partial charge < -0.3 is 10.2 Å². The van der Waals surface area contributed by atoms with Crippen molar-refractivity contribution >= 4 is 16.6 Å². The molecule has 2 aliphatic rings. The SMILES string of the molecule is c1ccc2c(N(CC3CCNCC3)C3CC3)nncc2c1. The van der Waals surface area contributed by atoms with Gasteiger partial charge in [-0.25, -0.2) is 0 Å². The minimum absolute atomic E-state index is 0.681. The van der Waals surface area contributed by atoms with Crippen LogP contribution < -0.4 is 10.2 Å². The number of aromatic nitrogens is 2. The van der Waals surface area contributed by atoms with E-state index in [4.69, 9.17) is 0 Å². The summed E-state index contributed by atoms with van der Waals surface area (Å²) in [4.78, 5) is 2.53. The van der Waals surface area contributed by atoms with Crippen LogP contribution in [0, 0.1) is 5.92 Å². The Hall–Kier alpha value is -1.68. The molecule has 2 fully saturated rings. The van der Waals surface area contributed by atoms with Gasteiger partial charge in [0.05, 0.1) is 6.20 Å². The number of nitrogens with zero attached hydrogens (tertiary/aromatic N) is 3. The Bertz CT molecular complexity index is 612. The van der Waals surface area contributed by atoms with E-state index in [2.05, 4.69) is 44.7 Å². The van der Waals surface area contributed by atoms with Gasteiger partial charge in [-0.15, -0.1) is 5.10 Å². The standard InChI is InChI=1S/C17H22N4/c1-2-4-16-14(3-1)11-19-20-17(16)21(15-5-6-15)12-13-7-9-18-10-8-13/h1-4,11,13,15,18H,5-10,12H2. The van der Waals surface area contributed by atoms with Crippen LogP contribution in [0.5, 0.6) is 0 Å². The number of hydrogen-bond acceptors (Lipinski definition) is 4. The fourth-order valence-electron chi connectivity index (χ4n) is 3.36. The Kier molecular flexibility index (Phi) is 3.47. The van der Waals surface area contributed by atoms with Crippen molar-refractivity contribution in [1.29, 1.82) is 0 Å². The van der Waals surface area contributed by atoms with Crippen molar-refractivity contribution < 1.29 is 0 Å². The number of hydrogen-bond donors (Lipinski definition) is 1. The van der Waals surface area contributed by atoms with Crippen LogP contribution in [0.3, 0.4) is 0 Å². The summed E-state index contributed by atoms with van der Waals surface area (Å²) in [6.45, 7) is 3.45. The van der Waals surface area contributed by atoms with Crippen molar-refractivity contribution in [2.75, 3.05) is 24.5 Å². The molecule has 4 nitrogen and oxygen atoms in total. The predicted octanol–water partition coefficient (Wildman–Crippen LogP) is 2.60. The molecule has 1 saturated heterocycles. The monoisotopic (exact) mass is 282 g/mol. The van der Waals surface area contributed by atoms with Gasteiger partial charge in [0.1, 0.15) is 0 Å². The molecular formula is C17H22N4. The Morgan fingerprint density at radius 1 is 1.10 bits per heavy atom. The third-order valence-electron chi connectivity index (χ3n) is 4.72. The van der Waals surface area contributed by atoms with Crippen molar-refractivity contribution in [1.82, 2.24) is 15.5 Å². The number of nitrogens with one attached hydrogen (secondary N) is 1. The summed E-state index contributed by atoms with van der Waals surface area (Å²) in [6.07, 6.45) is 7.03. The maximum absolute atomic E-state index is 4.49. The molecule has 0 bridgehead atoms. The second kappa shape index (κ2) is 5.60. The normalized spacial score (nSPS) is 19.8. The van der Waals surface area contributed by atoms with Crippen LogP contribution in [0.25, 0.3) is 10.8 Å². The van der Waals surface area contributed by atoms with Gasteiger partial charge in [0.2, 0.25) is 0 Å². The van der Waals surface area contributed by atoms with Crippen LogP contribution in [0.4, 0.5) is 5.82 Å². The predicted molar refractivity (Wildman–Crippen MR) is 85.5 cm³/mol. The van der Waals surface area contributed by atoms with E-state index in [0.717, 1.165) is 31.4 Å². The van der Waals surface area contributed by atoms with E-state index in [9.17, 15) is 0 Å². The number of anilines is 1. The number of fused-ring (bicyclic) bond motifs is 1. The average Bonchev–Trinajstić information content (AvgIpc) is 3.38. The molecule has 1 aliphatic heterocycles. The lowest BCUT2D eigenvalue weighted by molar-refractivity contribution is 0.372. The second-order valence-corrected chi connectivity index (χ2v) is 6.33. The fourth-order valence-corrected chi connectivity index (χ4v) is 3.36. The average molecular weight is 282 g/mol. The number of rotatable bonds is 4. The van der Waals surface area contributed by atoms with Gasteiger partial charge in [-0.05, 0) is 44.7 Å². The van der Waals surface area contributed by atoms with E-state index < -0.39 is 0 Å². The third-order valence-corrected chi connectivity index (χ3v) is 4.72. The van der Waals surface area contributed by atoms with Crippen LogP contribution in [-0.4, -0.2) is 35.9 Å². The summed E-state index contributed by atoms with van der Waals surface area (Å²) in [5.41, 5.74) is 0. The molecule has 0 spiro atoms. The van der Waals surface area contributed by atoms with Crippen LogP contribution in [0.2, 0.25) is 0 Å². The first kappa shape index (κ1) is 13.0. The second-order valence-electron chi connectivity index (χ2n) is 6.33. The van der Waals surface area contributed by atoms with Gasteiger partial charge in [-0.3, -0.25) is 0 Å². The Morgan fingerprint density at radius 2 is 1.90 bits per heavy atom. The summed E-state index contributed by atoms with van der Waals surface area (Å²) in [5.74, 6) is 1.88. The first-order valence-electron chi connectivity index (χ1n) is 8.09. The Morgan fingerprint density at radius 3 is 2.71 bits per heavy atom. The number of benzene rings is 1. The van der Waals surface area contributed by atoms with Crippen LogP contribution in [0.1, 0.15) is 25.7 Å². The molecule has 2 heterocycles. The molecule has 0 atom stereocenters. The molecule has 4 rings (SSSR count). The highest BCUT2D eigenvalue weighted by Gasteiger charge is 2.33. The van der Waals surface area contributed by atoms with Gasteiger partial charge in [-0.1, -0.05) is 24.3 Å². The zero-order valence-corrected chi connectivity index (χ0v) is 12.3. The maximum atomic E-state index is 4.49. The highest BCUT2D eigenvalue weighted by atomic mass is 15.3. The van der Waals surface area contributed by atoms with Crippen LogP contribution >= 0.6 is 0 Å².